The molecule has 0 saturated carbocycles. The molecular formula is C16H13Br2FO2. The molecule has 2 aromatic rings. The fourth-order valence-electron chi connectivity index (χ4n) is 2.49. The molecule has 2 nitrogen and oxygen atoms in total. The second-order valence-corrected chi connectivity index (χ2v) is 6.66. The Labute approximate surface area is 139 Å². The average molecular weight is 416 g/mol. The Morgan fingerprint density at radius 1 is 1.24 bits per heavy atom. The van der Waals surface area contributed by atoms with Gasteiger partial charge in [0.15, 0.2) is 0 Å². The van der Waals surface area contributed by atoms with Crippen molar-refractivity contribution in [3.05, 3.63) is 57.3 Å². The summed E-state index contributed by atoms with van der Waals surface area (Å²) in [5.41, 5.74) is 2.64. The molecule has 0 aromatic heterocycles. The van der Waals surface area contributed by atoms with Crippen LogP contribution in [0.1, 0.15) is 21.5 Å². The van der Waals surface area contributed by atoms with Crippen LogP contribution in [0.3, 0.4) is 0 Å². The summed E-state index contributed by atoms with van der Waals surface area (Å²) >= 11 is 7.11. The van der Waals surface area contributed by atoms with Crippen LogP contribution in [-0.2, 0) is 6.42 Å². The number of halogens is 3. The molecule has 0 spiro atoms. The Kier molecular flexibility index (Phi) is 4.22. The molecule has 0 aliphatic carbocycles. The lowest BCUT2D eigenvalue weighted by atomic mass is 10.0. The van der Waals surface area contributed by atoms with E-state index in [4.69, 9.17) is 9.47 Å². The molecule has 1 aliphatic rings. The van der Waals surface area contributed by atoms with Crippen molar-refractivity contribution in [3.63, 3.8) is 0 Å². The monoisotopic (exact) mass is 414 g/mol. The van der Waals surface area contributed by atoms with Gasteiger partial charge in [-0.1, -0.05) is 37.9 Å². The maximum Gasteiger partial charge on any atom is 0.131 e. The van der Waals surface area contributed by atoms with Gasteiger partial charge in [0.2, 0.25) is 0 Å². The third kappa shape index (κ3) is 2.81. The fourth-order valence-corrected chi connectivity index (χ4v) is 3.73. The highest BCUT2D eigenvalue weighted by atomic mass is 79.9. The van der Waals surface area contributed by atoms with Gasteiger partial charge in [0.1, 0.15) is 17.3 Å². The lowest BCUT2D eigenvalue weighted by molar-refractivity contribution is 0.353. The molecule has 1 aliphatic heterocycles. The SMILES string of the molecule is COc1ccc(C(Br)c2cc(Br)cc3c2OCC3)c(F)c1. The number of methoxy groups -OCH3 is 1. The predicted molar refractivity (Wildman–Crippen MR) is 87.1 cm³/mol. The molecular weight excluding hydrogens is 403 g/mol. The fraction of sp³-hybridized carbons (Fsp3) is 0.250. The van der Waals surface area contributed by atoms with Crippen molar-refractivity contribution in [2.45, 2.75) is 11.2 Å². The predicted octanol–water partition coefficient (Wildman–Crippen LogP) is 5.02. The summed E-state index contributed by atoms with van der Waals surface area (Å²) in [6, 6.07) is 8.90. The van der Waals surface area contributed by atoms with Gasteiger partial charge in [0.25, 0.3) is 0 Å². The second kappa shape index (κ2) is 5.97. The smallest absolute Gasteiger partial charge is 0.131 e. The van der Waals surface area contributed by atoms with Gasteiger partial charge < -0.3 is 9.47 Å². The number of benzene rings is 2. The quantitative estimate of drug-likeness (QED) is 0.655. The zero-order valence-corrected chi connectivity index (χ0v) is 14.5. The third-order valence-electron chi connectivity index (χ3n) is 3.53. The summed E-state index contributed by atoms with van der Waals surface area (Å²) in [4.78, 5) is -0.271. The lowest BCUT2D eigenvalue weighted by Gasteiger charge is -2.16. The molecule has 0 amide bonds. The van der Waals surface area contributed by atoms with E-state index in [1.54, 1.807) is 12.1 Å². The van der Waals surface area contributed by atoms with E-state index in [-0.39, 0.29) is 10.6 Å². The molecule has 0 radical (unpaired) electrons. The maximum atomic E-state index is 14.3. The Morgan fingerprint density at radius 3 is 2.76 bits per heavy atom. The first-order chi connectivity index (χ1) is 10.1. The topological polar surface area (TPSA) is 18.5 Å². The van der Waals surface area contributed by atoms with E-state index in [1.807, 2.05) is 6.07 Å². The first-order valence-electron chi connectivity index (χ1n) is 6.52. The highest BCUT2D eigenvalue weighted by molar-refractivity contribution is 9.10. The van der Waals surface area contributed by atoms with E-state index in [2.05, 4.69) is 37.9 Å². The lowest BCUT2D eigenvalue weighted by Crippen LogP contribution is -2.00. The number of alkyl halides is 1. The van der Waals surface area contributed by atoms with Crippen LogP contribution in [0.25, 0.3) is 0 Å². The molecule has 1 heterocycles. The summed E-state index contributed by atoms with van der Waals surface area (Å²) in [7, 11) is 1.52. The van der Waals surface area contributed by atoms with Crippen molar-refractivity contribution in [2.24, 2.45) is 0 Å². The van der Waals surface area contributed by atoms with E-state index >= 15 is 0 Å². The van der Waals surface area contributed by atoms with Crippen LogP contribution < -0.4 is 9.47 Å². The van der Waals surface area contributed by atoms with Crippen LogP contribution in [0, 0.1) is 5.82 Å². The standard InChI is InChI=1S/C16H13Br2FO2/c1-20-11-2-3-12(14(19)8-11)15(18)13-7-10(17)6-9-4-5-21-16(9)13/h2-3,6-8,15H,4-5H2,1H3. The summed E-state index contributed by atoms with van der Waals surface area (Å²) in [5.74, 6) is 1.06. The summed E-state index contributed by atoms with van der Waals surface area (Å²) in [5, 5.41) is 0. The van der Waals surface area contributed by atoms with E-state index in [0.29, 0.717) is 17.9 Å². The molecule has 0 saturated heterocycles. The molecule has 0 fully saturated rings. The highest BCUT2D eigenvalue weighted by Gasteiger charge is 2.24. The van der Waals surface area contributed by atoms with Crippen molar-refractivity contribution in [1.82, 2.24) is 0 Å². The van der Waals surface area contributed by atoms with Crippen LogP contribution >= 0.6 is 31.9 Å². The average Bonchev–Trinajstić information content (AvgIpc) is 2.93. The summed E-state index contributed by atoms with van der Waals surface area (Å²) in [6.45, 7) is 0.670. The minimum absolute atomic E-state index is 0.271. The Morgan fingerprint density at radius 2 is 2.05 bits per heavy atom. The van der Waals surface area contributed by atoms with Crippen LogP contribution in [0.2, 0.25) is 0 Å². The molecule has 110 valence electrons. The Balaban J connectivity index is 2.05. The Hall–Kier alpha value is -1.07. The molecule has 21 heavy (non-hydrogen) atoms. The van der Waals surface area contributed by atoms with Gasteiger partial charge in [-0.15, -0.1) is 0 Å². The molecule has 1 unspecified atom stereocenters. The molecule has 5 heteroatoms. The van der Waals surface area contributed by atoms with E-state index in [1.165, 1.54) is 13.2 Å². The number of hydrogen-bond donors (Lipinski definition) is 0. The van der Waals surface area contributed by atoms with Crippen LogP contribution in [0.15, 0.2) is 34.8 Å². The largest absolute Gasteiger partial charge is 0.497 e. The zero-order chi connectivity index (χ0) is 15.0. The molecule has 1 atom stereocenters. The molecule has 0 N–H and O–H groups in total. The first kappa shape index (κ1) is 14.9. The number of hydrogen-bond acceptors (Lipinski definition) is 2. The van der Waals surface area contributed by atoms with Crippen molar-refractivity contribution in [2.75, 3.05) is 13.7 Å². The molecule has 3 rings (SSSR count). The number of ether oxygens (including phenoxy) is 2. The minimum atomic E-state index is -0.303. The van der Waals surface area contributed by atoms with Crippen LogP contribution in [0.4, 0.5) is 4.39 Å². The third-order valence-corrected chi connectivity index (χ3v) is 4.98. The van der Waals surface area contributed by atoms with Crippen molar-refractivity contribution >= 4 is 31.9 Å². The van der Waals surface area contributed by atoms with Gasteiger partial charge in [-0.25, -0.2) is 4.39 Å². The van der Waals surface area contributed by atoms with E-state index < -0.39 is 0 Å². The van der Waals surface area contributed by atoms with Gasteiger partial charge in [-0.2, -0.15) is 0 Å². The van der Waals surface area contributed by atoms with E-state index in [0.717, 1.165) is 27.8 Å². The van der Waals surface area contributed by atoms with Crippen molar-refractivity contribution in [1.29, 1.82) is 0 Å². The van der Waals surface area contributed by atoms with Crippen molar-refractivity contribution < 1.29 is 13.9 Å². The van der Waals surface area contributed by atoms with Crippen LogP contribution in [-0.4, -0.2) is 13.7 Å². The Bertz CT molecular complexity index is 688. The second-order valence-electron chi connectivity index (χ2n) is 4.83. The van der Waals surface area contributed by atoms with E-state index in [9.17, 15) is 4.39 Å². The van der Waals surface area contributed by atoms with Gasteiger partial charge >= 0.3 is 0 Å². The number of rotatable bonds is 3. The van der Waals surface area contributed by atoms with Gasteiger partial charge in [-0.3, -0.25) is 0 Å². The normalized spacial score (nSPS) is 14.5. The number of fused-ring (bicyclic) bond motifs is 1. The van der Waals surface area contributed by atoms with Gasteiger partial charge in [0.05, 0.1) is 18.5 Å². The highest BCUT2D eigenvalue weighted by Crippen LogP contribution is 2.43. The summed E-state index contributed by atoms with van der Waals surface area (Å²) < 4.78 is 26.0. The van der Waals surface area contributed by atoms with Crippen molar-refractivity contribution in [3.8, 4) is 11.5 Å². The summed E-state index contributed by atoms with van der Waals surface area (Å²) in [6.07, 6.45) is 0.882. The first-order valence-corrected chi connectivity index (χ1v) is 8.23. The van der Waals surface area contributed by atoms with Crippen LogP contribution in [0.5, 0.6) is 11.5 Å². The van der Waals surface area contributed by atoms with Gasteiger partial charge in [-0.05, 0) is 23.8 Å². The molecule has 0 bridgehead atoms. The minimum Gasteiger partial charge on any atom is -0.497 e. The maximum absolute atomic E-state index is 14.3. The zero-order valence-electron chi connectivity index (χ0n) is 11.3. The molecule has 2 aromatic carbocycles. The van der Waals surface area contributed by atoms with Gasteiger partial charge in [0, 0.05) is 28.1 Å².